The molecule has 18 heavy (non-hydrogen) atoms. The van der Waals surface area contributed by atoms with Gasteiger partial charge in [-0.25, -0.2) is 4.39 Å². The molecule has 98 valence electrons. The number of nitrogens with two attached hydrogens (primary N) is 1. The molecule has 0 heterocycles. The van der Waals surface area contributed by atoms with Crippen LogP contribution in [0, 0.1) is 5.82 Å². The Labute approximate surface area is 112 Å². The number of rotatable bonds is 5. The van der Waals surface area contributed by atoms with Crippen molar-refractivity contribution < 1.29 is 9.13 Å². The third-order valence-electron chi connectivity index (χ3n) is 3.56. The van der Waals surface area contributed by atoms with Gasteiger partial charge in [-0.1, -0.05) is 18.3 Å². The molecule has 0 aromatic heterocycles. The Morgan fingerprint density at radius 3 is 2.78 bits per heavy atom. The van der Waals surface area contributed by atoms with Crippen molar-refractivity contribution in [2.24, 2.45) is 5.73 Å². The molecule has 0 aliphatic heterocycles. The monoisotopic (exact) mass is 268 g/mol. The van der Waals surface area contributed by atoms with Crippen LogP contribution in [0.25, 0.3) is 0 Å². The lowest BCUT2D eigenvalue weighted by Gasteiger charge is -2.40. The molecule has 1 aromatic rings. The predicted octanol–water partition coefficient (Wildman–Crippen LogP) is 2.44. The third kappa shape index (κ3) is 2.47. The van der Waals surface area contributed by atoms with Crippen LogP contribution >= 0.6 is 12.2 Å². The normalized spacial score (nSPS) is 17.0. The van der Waals surface area contributed by atoms with Crippen molar-refractivity contribution in [2.75, 3.05) is 19.0 Å². The topological polar surface area (TPSA) is 47.3 Å². The molecule has 1 aliphatic carbocycles. The first-order valence-corrected chi connectivity index (χ1v) is 6.36. The van der Waals surface area contributed by atoms with Crippen LogP contribution in [-0.2, 0) is 4.74 Å². The van der Waals surface area contributed by atoms with E-state index in [4.69, 9.17) is 22.7 Å². The lowest BCUT2D eigenvalue weighted by atomic mass is 9.80. The molecule has 1 aromatic carbocycles. The average molecular weight is 268 g/mol. The maximum absolute atomic E-state index is 13.7. The number of methoxy groups -OCH3 is 1. The predicted molar refractivity (Wildman–Crippen MR) is 74.4 cm³/mol. The molecule has 1 fully saturated rings. The zero-order valence-corrected chi connectivity index (χ0v) is 11.1. The van der Waals surface area contributed by atoms with Gasteiger partial charge in [0.2, 0.25) is 0 Å². The molecule has 1 aliphatic rings. The highest BCUT2D eigenvalue weighted by molar-refractivity contribution is 7.80. The molecule has 3 N–H and O–H groups in total. The first-order chi connectivity index (χ1) is 8.58. The maximum Gasteiger partial charge on any atom is 0.135 e. The molecular formula is C13H17FN2OS. The fourth-order valence-electron chi connectivity index (χ4n) is 2.20. The van der Waals surface area contributed by atoms with Gasteiger partial charge in [0.05, 0.1) is 11.2 Å². The van der Waals surface area contributed by atoms with E-state index >= 15 is 0 Å². The second kappa shape index (κ2) is 5.20. The quantitative estimate of drug-likeness (QED) is 0.805. The molecule has 3 nitrogen and oxygen atoms in total. The maximum atomic E-state index is 13.7. The van der Waals surface area contributed by atoms with Gasteiger partial charge in [-0.2, -0.15) is 0 Å². The van der Waals surface area contributed by atoms with Gasteiger partial charge in [-0.05, 0) is 31.4 Å². The number of anilines is 1. The standard InChI is InChI=1S/C13H17FN2OS/c1-17-13(6-3-7-13)8-16-10-5-2-4-9(14)11(10)12(15)18/h2,4-5,16H,3,6-8H2,1H3,(H2,15,18). The van der Waals surface area contributed by atoms with Gasteiger partial charge >= 0.3 is 0 Å². The van der Waals surface area contributed by atoms with Crippen LogP contribution in [0.15, 0.2) is 18.2 Å². The molecule has 0 saturated heterocycles. The summed E-state index contributed by atoms with van der Waals surface area (Å²) in [5.41, 5.74) is 6.34. The lowest BCUT2D eigenvalue weighted by Crippen LogP contribution is -2.45. The van der Waals surface area contributed by atoms with Gasteiger partial charge in [0.1, 0.15) is 10.8 Å². The van der Waals surface area contributed by atoms with Crippen molar-refractivity contribution >= 4 is 22.9 Å². The summed E-state index contributed by atoms with van der Waals surface area (Å²) in [5.74, 6) is -0.396. The number of hydrogen-bond acceptors (Lipinski definition) is 3. The summed E-state index contributed by atoms with van der Waals surface area (Å²) in [6.07, 6.45) is 3.21. The van der Waals surface area contributed by atoms with Crippen LogP contribution in [0.4, 0.5) is 10.1 Å². The van der Waals surface area contributed by atoms with E-state index in [-0.39, 0.29) is 16.2 Å². The number of nitrogens with one attached hydrogen (secondary N) is 1. The van der Waals surface area contributed by atoms with Gasteiger partial charge < -0.3 is 15.8 Å². The Morgan fingerprint density at radius 1 is 1.56 bits per heavy atom. The highest BCUT2D eigenvalue weighted by atomic mass is 32.1. The van der Waals surface area contributed by atoms with Crippen molar-refractivity contribution in [3.05, 3.63) is 29.6 Å². The molecule has 2 rings (SSSR count). The van der Waals surface area contributed by atoms with Crippen LogP contribution in [0.1, 0.15) is 24.8 Å². The first-order valence-electron chi connectivity index (χ1n) is 5.95. The van der Waals surface area contributed by atoms with E-state index in [0.29, 0.717) is 12.2 Å². The molecule has 0 bridgehead atoms. The van der Waals surface area contributed by atoms with Crippen LogP contribution in [0.5, 0.6) is 0 Å². The number of thiocarbonyl (C=S) groups is 1. The molecule has 0 radical (unpaired) electrons. The van der Waals surface area contributed by atoms with Crippen molar-refractivity contribution in [3.8, 4) is 0 Å². The van der Waals surface area contributed by atoms with Crippen LogP contribution in [-0.4, -0.2) is 24.2 Å². The third-order valence-corrected chi connectivity index (χ3v) is 3.76. The molecular weight excluding hydrogens is 251 g/mol. The molecule has 5 heteroatoms. The van der Waals surface area contributed by atoms with E-state index in [0.717, 1.165) is 12.8 Å². The Kier molecular flexibility index (Phi) is 3.82. The van der Waals surface area contributed by atoms with Gasteiger partial charge in [0.25, 0.3) is 0 Å². The second-order valence-electron chi connectivity index (χ2n) is 4.62. The van der Waals surface area contributed by atoms with Crippen molar-refractivity contribution in [3.63, 3.8) is 0 Å². The first kappa shape index (κ1) is 13.2. The number of ether oxygens (including phenoxy) is 1. The van der Waals surface area contributed by atoms with Crippen LogP contribution in [0.2, 0.25) is 0 Å². The molecule has 0 spiro atoms. The van der Waals surface area contributed by atoms with E-state index in [1.54, 1.807) is 19.2 Å². The van der Waals surface area contributed by atoms with Crippen LogP contribution < -0.4 is 11.1 Å². The molecule has 0 amide bonds. The minimum absolute atomic E-state index is 0.0654. The summed E-state index contributed by atoms with van der Waals surface area (Å²) < 4.78 is 19.2. The van der Waals surface area contributed by atoms with E-state index in [2.05, 4.69) is 5.32 Å². The van der Waals surface area contributed by atoms with Gasteiger partial charge in [-0.15, -0.1) is 0 Å². The van der Waals surface area contributed by atoms with Crippen molar-refractivity contribution in [1.29, 1.82) is 0 Å². The number of hydrogen-bond donors (Lipinski definition) is 2. The Morgan fingerprint density at radius 2 is 2.28 bits per heavy atom. The summed E-state index contributed by atoms with van der Waals surface area (Å²) in [5, 5.41) is 3.20. The lowest BCUT2D eigenvalue weighted by molar-refractivity contribution is -0.0601. The highest BCUT2D eigenvalue weighted by Crippen LogP contribution is 2.35. The van der Waals surface area contributed by atoms with Crippen molar-refractivity contribution in [2.45, 2.75) is 24.9 Å². The molecule has 1 saturated carbocycles. The smallest absolute Gasteiger partial charge is 0.135 e. The molecule has 0 unspecified atom stereocenters. The number of halogens is 1. The molecule has 0 atom stereocenters. The Balaban J connectivity index is 2.14. The summed E-state index contributed by atoms with van der Waals surface area (Å²) in [6.45, 7) is 0.641. The number of benzene rings is 1. The fourth-order valence-corrected chi connectivity index (χ4v) is 2.41. The van der Waals surface area contributed by atoms with Crippen LogP contribution in [0.3, 0.4) is 0 Å². The van der Waals surface area contributed by atoms with Gasteiger partial charge in [-0.3, -0.25) is 0 Å². The Bertz CT molecular complexity index is 455. The fraction of sp³-hybridized carbons (Fsp3) is 0.462. The summed E-state index contributed by atoms with van der Waals surface area (Å²) in [4.78, 5) is 0.0654. The van der Waals surface area contributed by atoms with Crippen molar-refractivity contribution in [1.82, 2.24) is 0 Å². The largest absolute Gasteiger partial charge is 0.389 e. The SMILES string of the molecule is COC1(CNc2cccc(F)c2C(N)=S)CCC1. The minimum Gasteiger partial charge on any atom is -0.389 e. The van der Waals surface area contributed by atoms with Gasteiger partial charge in [0.15, 0.2) is 0 Å². The second-order valence-corrected chi connectivity index (χ2v) is 5.06. The zero-order valence-electron chi connectivity index (χ0n) is 10.3. The van der Waals surface area contributed by atoms with E-state index in [1.165, 1.54) is 12.5 Å². The average Bonchev–Trinajstić information content (AvgIpc) is 2.27. The van der Waals surface area contributed by atoms with E-state index in [9.17, 15) is 4.39 Å². The van der Waals surface area contributed by atoms with E-state index in [1.807, 2.05) is 0 Å². The summed E-state index contributed by atoms with van der Waals surface area (Å²) >= 11 is 4.88. The van der Waals surface area contributed by atoms with E-state index < -0.39 is 5.82 Å². The summed E-state index contributed by atoms with van der Waals surface area (Å²) in [6, 6.07) is 4.77. The minimum atomic E-state index is -0.396. The summed E-state index contributed by atoms with van der Waals surface area (Å²) in [7, 11) is 1.71. The van der Waals surface area contributed by atoms with Gasteiger partial charge in [0, 0.05) is 19.3 Å². The Hall–Kier alpha value is -1.20. The highest BCUT2D eigenvalue weighted by Gasteiger charge is 2.36. The zero-order chi connectivity index (χ0) is 13.2.